The van der Waals surface area contributed by atoms with Gasteiger partial charge in [-0.15, -0.1) is 0 Å². The Morgan fingerprint density at radius 2 is 1.80 bits per heavy atom. The molecule has 0 aliphatic heterocycles. The second kappa shape index (κ2) is 12.6. The molecule has 0 bridgehead atoms. The highest BCUT2D eigenvalue weighted by Crippen LogP contribution is 2.22. The molecule has 3 rings (SSSR count). The topological polar surface area (TPSA) is 86.2 Å². The number of hydrogen-bond donors (Lipinski definition) is 1. The first-order chi connectivity index (χ1) is 16.9. The van der Waals surface area contributed by atoms with Crippen LogP contribution in [0.5, 0.6) is 11.5 Å². The van der Waals surface area contributed by atoms with E-state index in [2.05, 4.69) is 10.5 Å². The summed E-state index contributed by atoms with van der Waals surface area (Å²) in [5.74, 6) is 0.756. The highest BCUT2D eigenvalue weighted by atomic mass is 35.5. The Morgan fingerprint density at radius 1 is 1.06 bits per heavy atom. The molecule has 3 aromatic rings. The number of methoxy groups -OCH3 is 1. The van der Waals surface area contributed by atoms with Gasteiger partial charge in [-0.3, -0.25) is 4.79 Å². The Hall–Kier alpha value is -3.84. The number of hydrazone groups is 1. The van der Waals surface area contributed by atoms with Crippen molar-refractivity contribution in [2.45, 2.75) is 20.5 Å². The van der Waals surface area contributed by atoms with Gasteiger partial charge in [-0.2, -0.15) is 5.10 Å². The zero-order valence-corrected chi connectivity index (χ0v) is 20.5. The SMILES string of the molecule is COc1ccc(/C=N/NC(=O)c2ccccc2Cl)cc1COc1ccc(C(=O)OCC(C)C)cc1. The molecule has 0 fully saturated rings. The monoisotopic (exact) mass is 494 g/mol. The molecule has 0 saturated heterocycles. The fourth-order valence-electron chi connectivity index (χ4n) is 3.04. The minimum atomic E-state index is -0.402. The quantitative estimate of drug-likeness (QED) is 0.228. The van der Waals surface area contributed by atoms with E-state index >= 15 is 0 Å². The van der Waals surface area contributed by atoms with Gasteiger partial charge in [0, 0.05) is 5.56 Å². The van der Waals surface area contributed by atoms with E-state index in [0.717, 1.165) is 11.1 Å². The van der Waals surface area contributed by atoms with Crippen LogP contribution in [0.1, 0.15) is 45.7 Å². The Labute approximate surface area is 209 Å². The van der Waals surface area contributed by atoms with Gasteiger partial charge in [0.1, 0.15) is 18.1 Å². The van der Waals surface area contributed by atoms with Gasteiger partial charge in [-0.25, -0.2) is 10.2 Å². The predicted molar refractivity (Wildman–Crippen MR) is 135 cm³/mol. The molecule has 3 aromatic carbocycles. The number of benzene rings is 3. The van der Waals surface area contributed by atoms with Crippen LogP contribution < -0.4 is 14.9 Å². The molecule has 0 saturated carbocycles. The molecule has 8 heteroatoms. The van der Waals surface area contributed by atoms with Crippen molar-refractivity contribution in [1.29, 1.82) is 0 Å². The molecule has 0 spiro atoms. The summed E-state index contributed by atoms with van der Waals surface area (Å²) in [5.41, 5.74) is 4.81. The third kappa shape index (κ3) is 7.58. The molecule has 0 atom stereocenters. The highest BCUT2D eigenvalue weighted by molar-refractivity contribution is 6.33. The molecule has 0 aliphatic carbocycles. The van der Waals surface area contributed by atoms with Gasteiger partial charge in [0.05, 0.1) is 36.1 Å². The number of carbonyl (C=O) groups is 2. The molecule has 0 radical (unpaired) electrons. The standard InChI is InChI=1S/C27H27ClN2O5/c1-18(2)16-35-27(32)20-9-11-22(12-10-20)34-17-21-14-19(8-13-25(21)33-3)15-29-30-26(31)23-6-4-5-7-24(23)28/h4-15,18H,16-17H2,1-3H3,(H,30,31)/b29-15+. The largest absolute Gasteiger partial charge is 0.496 e. The first-order valence-corrected chi connectivity index (χ1v) is 11.4. The summed E-state index contributed by atoms with van der Waals surface area (Å²) < 4.78 is 16.5. The van der Waals surface area contributed by atoms with E-state index in [1.807, 2.05) is 26.0 Å². The van der Waals surface area contributed by atoms with Crippen LogP contribution in [0.3, 0.4) is 0 Å². The Balaban J connectivity index is 1.61. The van der Waals surface area contributed by atoms with Gasteiger partial charge < -0.3 is 14.2 Å². The van der Waals surface area contributed by atoms with Crippen LogP contribution in [-0.2, 0) is 11.3 Å². The molecule has 182 valence electrons. The summed E-state index contributed by atoms with van der Waals surface area (Å²) in [6, 6.07) is 19.0. The normalized spacial score (nSPS) is 10.9. The maximum Gasteiger partial charge on any atom is 0.338 e. The van der Waals surface area contributed by atoms with Crippen molar-refractivity contribution in [2.24, 2.45) is 11.0 Å². The molecule has 35 heavy (non-hydrogen) atoms. The first-order valence-electron chi connectivity index (χ1n) is 11.0. The number of nitrogens with zero attached hydrogens (tertiary/aromatic N) is 1. The van der Waals surface area contributed by atoms with E-state index in [9.17, 15) is 9.59 Å². The van der Waals surface area contributed by atoms with Gasteiger partial charge in [-0.1, -0.05) is 37.6 Å². The van der Waals surface area contributed by atoms with Crippen molar-refractivity contribution in [2.75, 3.05) is 13.7 Å². The second-order valence-electron chi connectivity index (χ2n) is 8.06. The van der Waals surface area contributed by atoms with E-state index in [1.165, 1.54) is 6.21 Å². The molecule has 1 N–H and O–H groups in total. The molecule has 0 aromatic heterocycles. The summed E-state index contributed by atoms with van der Waals surface area (Å²) in [6.45, 7) is 4.57. The number of ether oxygens (including phenoxy) is 3. The molecular formula is C27H27ClN2O5. The van der Waals surface area contributed by atoms with E-state index in [-0.39, 0.29) is 18.5 Å². The van der Waals surface area contributed by atoms with Crippen LogP contribution in [-0.4, -0.2) is 31.8 Å². The van der Waals surface area contributed by atoms with Crippen LogP contribution >= 0.6 is 11.6 Å². The van der Waals surface area contributed by atoms with Crippen molar-refractivity contribution in [1.82, 2.24) is 5.43 Å². The zero-order valence-electron chi connectivity index (χ0n) is 19.8. The number of rotatable bonds is 10. The third-order valence-electron chi connectivity index (χ3n) is 4.83. The lowest BCUT2D eigenvalue weighted by Crippen LogP contribution is -2.17. The summed E-state index contributed by atoms with van der Waals surface area (Å²) >= 11 is 6.04. The average molecular weight is 495 g/mol. The summed E-state index contributed by atoms with van der Waals surface area (Å²) in [4.78, 5) is 24.3. The van der Waals surface area contributed by atoms with Crippen molar-refractivity contribution < 1.29 is 23.8 Å². The van der Waals surface area contributed by atoms with Crippen molar-refractivity contribution >= 4 is 29.7 Å². The molecule has 1 amide bonds. The lowest BCUT2D eigenvalue weighted by Gasteiger charge is -2.12. The van der Waals surface area contributed by atoms with Crippen LogP contribution in [0.4, 0.5) is 0 Å². The lowest BCUT2D eigenvalue weighted by molar-refractivity contribution is 0.0459. The lowest BCUT2D eigenvalue weighted by atomic mass is 10.1. The van der Waals surface area contributed by atoms with Crippen LogP contribution in [0, 0.1) is 5.92 Å². The first kappa shape index (κ1) is 25.8. The number of amides is 1. The maximum atomic E-state index is 12.2. The van der Waals surface area contributed by atoms with Crippen molar-refractivity contribution in [3.63, 3.8) is 0 Å². The maximum absolute atomic E-state index is 12.2. The minimum Gasteiger partial charge on any atom is -0.496 e. The molecule has 7 nitrogen and oxygen atoms in total. The van der Waals surface area contributed by atoms with Crippen molar-refractivity contribution in [3.8, 4) is 11.5 Å². The molecule has 0 unspecified atom stereocenters. The second-order valence-corrected chi connectivity index (χ2v) is 8.46. The van der Waals surface area contributed by atoms with Crippen LogP contribution in [0.2, 0.25) is 5.02 Å². The molecule has 0 aliphatic rings. The molecule has 0 heterocycles. The summed E-state index contributed by atoms with van der Waals surface area (Å²) in [5, 5.41) is 4.37. The Morgan fingerprint density at radius 3 is 2.49 bits per heavy atom. The van der Waals surface area contributed by atoms with Gasteiger partial charge in [0.15, 0.2) is 0 Å². The predicted octanol–water partition coefficient (Wildman–Crippen LogP) is 5.50. The number of hydrogen-bond acceptors (Lipinski definition) is 6. The highest BCUT2D eigenvalue weighted by Gasteiger charge is 2.10. The van der Waals surface area contributed by atoms with Crippen molar-refractivity contribution in [3.05, 3.63) is 94.0 Å². The Bertz CT molecular complexity index is 1190. The van der Waals surface area contributed by atoms with Gasteiger partial charge in [0.2, 0.25) is 0 Å². The number of esters is 1. The average Bonchev–Trinajstić information content (AvgIpc) is 2.86. The summed E-state index contributed by atoms with van der Waals surface area (Å²) in [6.07, 6.45) is 1.52. The van der Waals surface area contributed by atoms with Gasteiger partial charge in [0.25, 0.3) is 5.91 Å². The fraction of sp³-hybridized carbons (Fsp3) is 0.222. The fourth-order valence-corrected chi connectivity index (χ4v) is 3.26. The number of nitrogens with one attached hydrogen (secondary N) is 1. The van der Waals surface area contributed by atoms with Gasteiger partial charge >= 0.3 is 5.97 Å². The van der Waals surface area contributed by atoms with Crippen LogP contribution in [0.15, 0.2) is 71.8 Å². The third-order valence-corrected chi connectivity index (χ3v) is 5.16. The van der Waals surface area contributed by atoms with E-state index in [0.29, 0.717) is 34.3 Å². The Kier molecular flexibility index (Phi) is 9.26. The zero-order chi connectivity index (χ0) is 25.2. The van der Waals surface area contributed by atoms with Crippen LogP contribution in [0.25, 0.3) is 0 Å². The van der Waals surface area contributed by atoms with E-state index in [4.69, 9.17) is 25.8 Å². The smallest absolute Gasteiger partial charge is 0.338 e. The van der Waals surface area contributed by atoms with E-state index in [1.54, 1.807) is 61.7 Å². The minimum absolute atomic E-state index is 0.230. The van der Waals surface area contributed by atoms with Gasteiger partial charge in [-0.05, 0) is 66.1 Å². The molecular weight excluding hydrogens is 468 g/mol. The van der Waals surface area contributed by atoms with E-state index < -0.39 is 5.91 Å². The number of halogens is 1. The number of carbonyl (C=O) groups excluding carboxylic acids is 2. The summed E-state index contributed by atoms with van der Waals surface area (Å²) in [7, 11) is 1.58.